The van der Waals surface area contributed by atoms with Crippen molar-refractivity contribution in [3.8, 4) is 5.75 Å². The summed E-state index contributed by atoms with van der Waals surface area (Å²) >= 11 is 10.6. The van der Waals surface area contributed by atoms with Crippen molar-refractivity contribution in [2.75, 3.05) is 26.2 Å². The van der Waals surface area contributed by atoms with Crippen LogP contribution in [0.15, 0.2) is 41.5 Å². The number of halogens is 3. The molecule has 0 atom stereocenters. The van der Waals surface area contributed by atoms with E-state index < -0.39 is 0 Å². The summed E-state index contributed by atoms with van der Waals surface area (Å²) in [7, 11) is 0. The van der Waals surface area contributed by atoms with Crippen molar-refractivity contribution >= 4 is 63.0 Å². The van der Waals surface area contributed by atoms with Crippen LogP contribution in [0.5, 0.6) is 5.75 Å². The fraction of sp³-hybridized carbons (Fsp3) is 0.278. The maximum Gasteiger partial charge on any atom is 0.137 e. The van der Waals surface area contributed by atoms with Crippen molar-refractivity contribution < 1.29 is 5.11 Å². The van der Waals surface area contributed by atoms with Gasteiger partial charge in [0.25, 0.3) is 0 Å². The number of rotatable bonds is 4. The maximum absolute atomic E-state index is 10.1. The van der Waals surface area contributed by atoms with Crippen LogP contribution in [0.25, 0.3) is 0 Å². The molecule has 0 unspecified atom stereocenters. The van der Waals surface area contributed by atoms with Gasteiger partial charge in [0, 0.05) is 46.9 Å². The molecule has 25 heavy (non-hydrogen) atoms. The molecule has 132 valence electrons. The molecule has 3 rings (SSSR count). The molecular formula is C18H18ClI2N3O. The van der Waals surface area contributed by atoms with Crippen molar-refractivity contribution in [3.63, 3.8) is 0 Å². The van der Waals surface area contributed by atoms with Gasteiger partial charge in [0.05, 0.1) is 9.78 Å². The summed E-state index contributed by atoms with van der Waals surface area (Å²) in [4.78, 5) is 2.39. The van der Waals surface area contributed by atoms with Crippen LogP contribution < -0.4 is 0 Å². The first-order chi connectivity index (χ1) is 12.0. The zero-order valence-corrected chi connectivity index (χ0v) is 18.6. The minimum atomic E-state index is 0.294. The number of nitrogens with zero attached hydrogens (tertiary/aromatic N) is 3. The summed E-state index contributed by atoms with van der Waals surface area (Å²) in [5.41, 5.74) is 1.93. The van der Waals surface area contributed by atoms with Crippen molar-refractivity contribution in [1.82, 2.24) is 9.91 Å². The molecule has 4 nitrogen and oxygen atoms in total. The molecule has 1 N–H and O–H groups in total. The van der Waals surface area contributed by atoms with Gasteiger partial charge >= 0.3 is 0 Å². The van der Waals surface area contributed by atoms with E-state index in [-0.39, 0.29) is 0 Å². The van der Waals surface area contributed by atoms with E-state index in [1.54, 1.807) is 6.21 Å². The Morgan fingerprint density at radius 2 is 1.84 bits per heavy atom. The molecule has 2 aromatic carbocycles. The second kappa shape index (κ2) is 8.88. The monoisotopic (exact) mass is 581 g/mol. The Morgan fingerprint density at radius 3 is 2.56 bits per heavy atom. The van der Waals surface area contributed by atoms with E-state index in [1.807, 2.05) is 30.3 Å². The van der Waals surface area contributed by atoms with E-state index in [0.29, 0.717) is 5.75 Å². The average Bonchev–Trinajstić information content (AvgIpc) is 2.60. The topological polar surface area (TPSA) is 39.1 Å². The van der Waals surface area contributed by atoms with E-state index in [4.69, 9.17) is 11.6 Å². The van der Waals surface area contributed by atoms with Gasteiger partial charge in [-0.2, -0.15) is 5.10 Å². The molecule has 1 aliphatic rings. The third-order valence-electron chi connectivity index (χ3n) is 4.12. The molecule has 0 spiro atoms. The standard InChI is InChI=1S/C18H18ClI2N3O/c19-16-4-2-1-3-13(16)12-23-5-7-24(8-6-23)22-11-14-9-15(20)10-17(21)18(14)25/h1-4,9-11,25H,5-8,12H2/b22-11+. The van der Waals surface area contributed by atoms with Gasteiger partial charge in [0.15, 0.2) is 0 Å². The van der Waals surface area contributed by atoms with Crippen molar-refractivity contribution in [2.24, 2.45) is 5.10 Å². The summed E-state index contributed by atoms with van der Waals surface area (Å²) in [6.07, 6.45) is 1.75. The maximum atomic E-state index is 10.1. The highest BCUT2D eigenvalue weighted by atomic mass is 127. The van der Waals surface area contributed by atoms with E-state index in [0.717, 1.165) is 50.5 Å². The van der Waals surface area contributed by atoms with Crippen LogP contribution in [0.1, 0.15) is 11.1 Å². The molecule has 2 aromatic rings. The largest absolute Gasteiger partial charge is 0.506 e. The number of phenols is 1. The van der Waals surface area contributed by atoms with Crippen LogP contribution >= 0.6 is 56.8 Å². The number of phenolic OH excluding ortho intramolecular Hbond substituents is 1. The SMILES string of the molecule is Oc1c(I)cc(I)cc1/C=N/N1CCN(Cc2ccccc2Cl)CC1. The lowest BCUT2D eigenvalue weighted by atomic mass is 10.2. The fourth-order valence-corrected chi connectivity index (χ4v) is 4.79. The number of hydrogen-bond acceptors (Lipinski definition) is 4. The summed E-state index contributed by atoms with van der Waals surface area (Å²) in [6.45, 7) is 4.48. The van der Waals surface area contributed by atoms with Crippen LogP contribution in [0.4, 0.5) is 0 Å². The van der Waals surface area contributed by atoms with E-state index >= 15 is 0 Å². The Bertz CT molecular complexity index is 777. The Hall–Kier alpha value is -0.580. The zero-order chi connectivity index (χ0) is 17.8. The van der Waals surface area contributed by atoms with Crippen LogP contribution in [0, 0.1) is 7.14 Å². The summed E-state index contributed by atoms with van der Waals surface area (Å²) in [5.74, 6) is 0.294. The van der Waals surface area contributed by atoms with Crippen LogP contribution in [-0.4, -0.2) is 47.4 Å². The molecule has 0 aromatic heterocycles. The third kappa shape index (κ3) is 5.21. The first kappa shape index (κ1) is 19.2. The van der Waals surface area contributed by atoms with Gasteiger partial charge in [0.1, 0.15) is 5.75 Å². The second-order valence-electron chi connectivity index (χ2n) is 5.89. The van der Waals surface area contributed by atoms with Crippen LogP contribution in [0.2, 0.25) is 5.02 Å². The van der Waals surface area contributed by atoms with Gasteiger partial charge in [-0.3, -0.25) is 9.91 Å². The molecule has 0 amide bonds. The normalized spacial score (nSPS) is 15.9. The van der Waals surface area contributed by atoms with Crippen molar-refractivity contribution in [2.45, 2.75) is 6.54 Å². The van der Waals surface area contributed by atoms with Gasteiger partial charge in [-0.05, 0) is 68.9 Å². The van der Waals surface area contributed by atoms with Gasteiger partial charge in [-0.15, -0.1) is 0 Å². The average molecular weight is 582 g/mol. The Kier molecular flexibility index (Phi) is 6.81. The van der Waals surface area contributed by atoms with E-state index in [9.17, 15) is 5.11 Å². The predicted octanol–water partition coefficient (Wildman–Crippen LogP) is 4.41. The highest BCUT2D eigenvalue weighted by molar-refractivity contribution is 14.1. The highest BCUT2D eigenvalue weighted by Crippen LogP contribution is 2.26. The third-order valence-corrected chi connectivity index (χ3v) is 5.93. The Balaban J connectivity index is 1.57. The van der Waals surface area contributed by atoms with Gasteiger partial charge in [0.2, 0.25) is 0 Å². The fourth-order valence-electron chi connectivity index (χ4n) is 2.71. The quantitative estimate of drug-likeness (QED) is 0.430. The predicted molar refractivity (Wildman–Crippen MR) is 119 cm³/mol. The molecule has 1 saturated heterocycles. The van der Waals surface area contributed by atoms with Crippen molar-refractivity contribution in [3.05, 3.63) is 59.7 Å². The first-order valence-electron chi connectivity index (χ1n) is 7.95. The van der Waals surface area contributed by atoms with E-state index in [2.05, 4.69) is 66.3 Å². The van der Waals surface area contributed by atoms with Gasteiger partial charge < -0.3 is 5.11 Å². The number of hydrazone groups is 1. The second-order valence-corrected chi connectivity index (χ2v) is 8.71. The molecular weight excluding hydrogens is 563 g/mol. The Morgan fingerprint density at radius 1 is 1.12 bits per heavy atom. The highest BCUT2D eigenvalue weighted by Gasteiger charge is 2.16. The number of benzene rings is 2. The van der Waals surface area contributed by atoms with Crippen molar-refractivity contribution in [1.29, 1.82) is 0 Å². The minimum Gasteiger partial charge on any atom is -0.506 e. The van der Waals surface area contributed by atoms with E-state index in [1.165, 1.54) is 5.56 Å². The summed E-state index contributed by atoms with van der Waals surface area (Å²) < 4.78 is 1.93. The van der Waals surface area contributed by atoms with Gasteiger partial charge in [-0.25, -0.2) is 0 Å². The number of piperazine rings is 1. The Labute approximate surface area is 180 Å². The summed E-state index contributed by atoms with van der Waals surface area (Å²) in [6, 6.07) is 11.9. The van der Waals surface area contributed by atoms with Crippen LogP contribution in [0.3, 0.4) is 0 Å². The lowest BCUT2D eigenvalue weighted by Crippen LogP contribution is -2.43. The number of hydrogen-bond donors (Lipinski definition) is 1. The van der Waals surface area contributed by atoms with Crippen LogP contribution in [-0.2, 0) is 6.54 Å². The minimum absolute atomic E-state index is 0.294. The lowest BCUT2D eigenvalue weighted by Gasteiger charge is -2.33. The number of aromatic hydroxyl groups is 1. The molecule has 0 aliphatic carbocycles. The molecule has 1 heterocycles. The summed E-state index contributed by atoms with van der Waals surface area (Å²) in [5, 5.41) is 17.6. The molecule has 1 aliphatic heterocycles. The molecule has 1 fully saturated rings. The lowest BCUT2D eigenvalue weighted by molar-refractivity contribution is 0.131. The smallest absolute Gasteiger partial charge is 0.137 e. The molecule has 7 heteroatoms. The molecule has 0 radical (unpaired) electrons. The first-order valence-corrected chi connectivity index (χ1v) is 10.5. The van der Waals surface area contributed by atoms with Gasteiger partial charge in [-0.1, -0.05) is 29.8 Å². The molecule has 0 saturated carbocycles. The zero-order valence-electron chi connectivity index (χ0n) is 13.5. The molecule has 0 bridgehead atoms.